The lowest BCUT2D eigenvalue weighted by molar-refractivity contribution is -0.144. The van der Waals surface area contributed by atoms with Crippen LogP contribution in [0.4, 0.5) is 0 Å². The minimum Gasteiger partial charge on any atom is -0.465 e. The third-order valence-electron chi connectivity index (χ3n) is 2.12. The van der Waals surface area contributed by atoms with Gasteiger partial charge in [-0.3, -0.25) is 4.79 Å². The normalized spacial score (nSPS) is 20.5. The summed E-state index contributed by atoms with van der Waals surface area (Å²) in [6.07, 6.45) is 3.50. The van der Waals surface area contributed by atoms with Crippen LogP contribution in [0.1, 0.15) is 26.2 Å². The van der Waals surface area contributed by atoms with Gasteiger partial charge >= 0.3 is 5.97 Å². The van der Waals surface area contributed by atoms with Gasteiger partial charge in [0.15, 0.2) is 0 Å². The first-order valence-corrected chi connectivity index (χ1v) is 4.62. The van der Waals surface area contributed by atoms with Gasteiger partial charge in [0, 0.05) is 0 Å². The number of carbonyl (C=O) groups is 1. The third kappa shape index (κ3) is 2.12. The minimum atomic E-state index is -0.177. The van der Waals surface area contributed by atoms with Gasteiger partial charge in [-0.25, -0.2) is 0 Å². The molecule has 0 amide bonds. The van der Waals surface area contributed by atoms with Gasteiger partial charge in [0.05, 0.1) is 6.61 Å². The number of thiol groups is 1. The van der Waals surface area contributed by atoms with Crippen molar-refractivity contribution in [3.05, 3.63) is 0 Å². The molecule has 1 unspecified atom stereocenters. The molecule has 0 spiro atoms. The van der Waals surface area contributed by atoms with E-state index in [1.165, 1.54) is 6.42 Å². The van der Waals surface area contributed by atoms with E-state index in [9.17, 15) is 4.79 Å². The second-order valence-corrected chi connectivity index (χ2v) is 3.44. The van der Waals surface area contributed by atoms with Crippen LogP contribution in [-0.2, 0) is 9.53 Å². The van der Waals surface area contributed by atoms with Gasteiger partial charge in [0.1, 0.15) is 5.25 Å². The topological polar surface area (TPSA) is 26.3 Å². The van der Waals surface area contributed by atoms with Gasteiger partial charge in [0.2, 0.25) is 0 Å². The fraction of sp³-hybridized carbons (Fsp3) is 0.875. The van der Waals surface area contributed by atoms with Crippen LogP contribution in [-0.4, -0.2) is 17.8 Å². The highest BCUT2D eigenvalue weighted by atomic mass is 32.1. The molecule has 0 saturated heterocycles. The fourth-order valence-corrected chi connectivity index (χ4v) is 1.55. The molecule has 0 aromatic rings. The Morgan fingerprint density at radius 1 is 1.73 bits per heavy atom. The summed E-state index contributed by atoms with van der Waals surface area (Å²) in [5, 5.41) is -0.177. The molecule has 11 heavy (non-hydrogen) atoms. The maximum Gasteiger partial charge on any atom is 0.319 e. The Bertz CT molecular complexity index is 143. The first-order chi connectivity index (χ1) is 5.25. The molecule has 3 heteroatoms. The SMILES string of the molecule is CCOC(=O)C(S)C1CCC1. The van der Waals surface area contributed by atoms with E-state index < -0.39 is 0 Å². The number of hydrogen-bond donors (Lipinski definition) is 1. The molecule has 0 radical (unpaired) electrons. The molecule has 0 heterocycles. The highest BCUT2D eigenvalue weighted by Gasteiger charge is 2.30. The standard InChI is InChI=1S/C8H14O2S/c1-2-10-8(9)7(11)6-4-3-5-6/h6-7,11H,2-5H2,1H3. The van der Waals surface area contributed by atoms with Crippen molar-refractivity contribution in [2.45, 2.75) is 31.4 Å². The number of hydrogen-bond acceptors (Lipinski definition) is 3. The summed E-state index contributed by atoms with van der Waals surface area (Å²) in [5.74, 6) is 0.318. The molecule has 1 fully saturated rings. The van der Waals surface area contributed by atoms with Crippen LogP contribution in [0.2, 0.25) is 0 Å². The monoisotopic (exact) mass is 174 g/mol. The van der Waals surface area contributed by atoms with E-state index in [1.54, 1.807) is 0 Å². The Balaban J connectivity index is 2.27. The van der Waals surface area contributed by atoms with Crippen molar-refractivity contribution in [2.75, 3.05) is 6.61 Å². The van der Waals surface area contributed by atoms with Crippen molar-refractivity contribution >= 4 is 18.6 Å². The van der Waals surface area contributed by atoms with Gasteiger partial charge in [-0.2, -0.15) is 12.6 Å². The van der Waals surface area contributed by atoms with Gasteiger partial charge in [-0.15, -0.1) is 0 Å². The van der Waals surface area contributed by atoms with E-state index in [0.29, 0.717) is 12.5 Å². The van der Waals surface area contributed by atoms with E-state index in [1.807, 2.05) is 6.92 Å². The van der Waals surface area contributed by atoms with Crippen LogP contribution in [0.15, 0.2) is 0 Å². The van der Waals surface area contributed by atoms with Crippen molar-refractivity contribution in [2.24, 2.45) is 5.92 Å². The van der Waals surface area contributed by atoms with E-state index >= 15 is 0 Å². The molecular weight excluding hydrogens is 160 g/mol. The molecule has 1 saturated carbocycles. The summed E-state index contributed by atoms with van der Waals surface area (Å²) in [4.78, 5) is 11.1. The summed E-state index contributed by atoms with van der Waals surface area (Å²) < 4.78 is 4.85. The molecule has 0 N–H and O–H groups in total. The molecule has 64 valence electrons. The lowest BCUT2D eigenvalue weighted by Crippen LogP contribution is -2.31. The number of esters is 1. The van der Waals surface area contributed by atoms with E-state index in [4.69, 9.17) is 4.74 Å². The average Bonchev–Trinajstić information content (AvgIpc) is 1.84. The predicted molar refractivity (Wildman–Crippen MR) is 46.7 cm³/mol. The summed E-state index contributed by atoms with van der Waals surface area (Å²) >= 11 is 4.21. The Kier molecular flexibility index (Phi) is 3.24. The zero-order valence-electron chi connectivity index (χ0n) is 6.75. The highest BCUT2D eigenvalue weighted by molar-refractivity contribution is 7.81. The van der Waals surface area contributed by atoms with E-state index in [0.717, 1.165) is 12.8 Å². The van der Waals surface area contributed by atoms with Crippen LogP contribution < -0.4 is 0 Å². The van der Waals surface area contributed by atoms with Gasteiger partial charge < -0.3 is 4.74 Å². The number of rotatable bonds is 3. The lowest BCUT2D eigenvalue weighted by atomic mass is 9.82. The van der Waals surface area contributed by atoms with Crippen LogP contribution in [0.25, 0.3) is 0 Å². The zero-order chi connectivity index (χ0) is 8.27. The molecule has 1 rings (SSSR count). The highest BCUT2D eigenvalue weighted by Crippen LogP contribution is 2.32. The lowest BCUT2D eigenvalue weighted by Gasteiger charge is -2.28. The molecule has 0 aromatic heterocycles. The Labute approximate surface area is 72.7 Å². The van der Waals surface area contributed by atoms with Crippen LogP contribution >= 0.6 is 12.6 Å². The largest absolute Gasteiger partial charge is 0.465 e. The van der Waals surface area contributed by atoms with E-state index in [2.05, 4.69) is 12.6 Å². The molecule has 1 aliphatic carbocycles. The van der Waals surface area contributed by atoms with Gasteiger partial charge in [-0.1, -0.05) is 6.42 Å². The smallest absolute Gasteiger partial charge is 0.319 e. The fourth-order valence-electron chi connectivity index (χ4n) is 1.18. The molecule has 0 bridgehead atoms. The zero-order valence-corrected chi connectivity index (χ0v) is 7.64. The molecule has 0 aliphatic heterocycles. The first kappa shape index (κ1) is 8.91. The van der Waals surface area contributed by atoms with Crippen LogP contribution in [0, 0.1) is 5.92 Å². The summed E-state index contributed by atoms with van der Waals surface area (Å²) in [7, 11) is 0. The Morgan fingerprint density at radius 2 is 2.36 bits per heavy atom. The Hall–Kier alpha value is -0.180. The minimum absolute atomic E-state index is 0.152. The first-order valence-electron chi connectivity index (χ1n) is 4.10. The van der Waals surface area contributed by atoms with Gasteiger partial charge in [0.25, 0.3) is 0 Å². The second-order valence-electron chi connectivity index (χ2n) is 2.89. The maximum absolute atomic E-state index is 11.1. The van der Waals surface area contributed by atoms with E-state index in [-0.39, 0.29) is 11.2 Å². The molecule has 0 aromatic carbocycles. The summed E-state index contributed by atoms with van der Waals surface area (Å²) in [6.45, 7) is 2.28. The van der Waals surface area contributed by atoms with Crippen molar-refractivity contribution in [1.29, 1.82) is 0 Å². The maximum atomic E-state index is 11.1. The van der Waals surface area contributed by atoms with Gasteiger partial charge in [-0.05, 0) is 25.7 Å². The van der Waals surface area contributed by atoms with Crippen molar-refractivity contribution in [3.63, 3.8) is 0 Å². The molecular formula is C8H14O2S. The molecule has 2 nitrogen and oxygen atoms in total. The molecule has 1 aliphatic rings. The summed E-state index contributed by atoms with van der Waals surface area (Å²) in [5.41, 5.74) is 0. The van der Waals surface area contributed by atoms with Crippen molar-refractivity contribution in [1.82, 2.24) is 0 Å². The quantitative estimate of drug-likeness (QED) is 0.520. The number of ether oxygens (including phenoxy) is 1. The van der Waals surface area contributed by atoms with Crippen LogP contribution in [0.3, 0.4) is 0 Å². The van der Waals surface area contributed by atoms with Crippen molar-refractivity contribution < 1.29 is 9.53 Å². The third-order valence-corrected chi connectivity index (χ3v) is 2.76. The second kappa shape index (κ2) is 4.00. The summed E-state index contributed by atoms with van der Waals surface area (Å²) in [6, 6.07) is 0. The molecule has 1 atom stereocenters. The number of carbonyl (C=O) groups excluding carboxylic acids is 1. The average molecular weight is 174 g/mol. The van der Waals surface area contributed by atoms with Crippen molar-refractivity contribution in [3.8, 4) is 0 Å². The predicted octanol–water partition coefficient (Wildman–Crippen LogP) is 1.65. The Morgan fingerprint density at radius 3 is 2.73 bits per heavy atom. The van der Waals surface area contributed by atoms with Crippen LogP contribution in [0.5, 0.6) is 0 Å².